The maximum Gasteiger partial charge on any atom is 0.0678 e. The van der Waals surface area contributed by atoms with E-state index in [9.17, 15) is 0 Å². The van der Waals surface area contributed by atoms with Gasteiger partial charge in [0.2, 0.25) is 0 Å². The summed E-state index contributed by atoms with van der Waals surface area (Å²) in [6, 6.07) is 0. The number of rotatable bonds is 3. The van der Waals surface area contributed by atoms with E-state index in [1.807, 2.05) is 0 Å². The second-order valence-corrected chi connectivity index (χ2v) is 4.26. The smallest absolute Gasteiger partial charge is 0.0678 e. The fourth-order valence-electron chi connectivity index (χ4n) is 2.24. The third-order valence-electron chi connectivity index (χ3n) is 3.24. The molecule has 1 heteroatoms. The fourth-order valence-corrected chi connectivity index (χ4v) is 2.24. The molecule has 0 aromatic carbocycles. The standard InChI is InChI=1S/C12H18O/c1-3-9(2)8-13-12-7-10-4-5-11(12)6-10/h3-5,10-12H,6-8H2,1-2H3/b9-3+. The molecule has 0 saturated heterocycles. The summed E-state index contributed by atoms with van der Waals surface area (Å²) < 4.78 is 5.87. The van der Waals surface area contributed by atoms with Gasteiger partial charge >= 0.3 is 0 Å². The Morgan fingerprint density at radius 3 is 2.85 bits per heavy atom. The average Bonchev–Trinajstić information content (AvgIpc) is 2.74. The van der Waals surface area contributed by atoms with E-state index in [-0.39, 0.29) is 0 Å². The zero-order valence-electron chi connectivity index (χ0n) is 8.49. The predicted octanol–water partition coefficient (Wildman–Crippen LogP) is 2.93. The van der Waals surface area contributed by atoms with Gasteiger partial charge in [0.05, 0.1) is 12.7 Å². The van der Waals surface area contributed by atoms with Gasteiger partial charge in [-0.15, -0.1) is 0 Å². The Labute approximate surface area is 80.5 Å². The Hall–Kier alpha value is -0.560. The summed E-state index contributed by atoms with van der Waals surface area (Å²) in [6.07, 6.45) is 9.90. The molecule has 13 heavy (non-hydrogen) atoms. The lowest BCUT2D eigenvalue weighted by Crippen LogP contribution is -2.18. The first-order chi connectivity index (χ1) is 6.29. The molecule has 0 amide bonds. The van der Waals surface area contributed by atoms with Crippen LogP contribution in [0.25, 0.3) is 0 Å². The van der Waals surface area contributed by atoms with Gasteiger partial charge in [-0.1, -0.05) is 23.8 Å². The van der Waals surface area contributed by atoms with Gasteiger partial charge in [-0.2, -0.15) is 0 Å². The number of ether oxygens (including phenoxy) is 1. The van der Waals surface area contributed by atoms with E-state index in [2.05, 4.69) is 32.1 Å². The van der Waals surface area contributed by atoms with Crippen LogP contribution in [-0.4, -0.2) is 12.7 Å². The van der Waals surface area contributed by atoms with Crippen molar-refractivity contribution in [3.63, 3.8) is 0 Å². The highest BCUT2D eigenvalue weighted by Crippen LogP contribution is 2.40. The Morgan fingerprint density at radius 1 is 1.46 bits per heavy atom. The Balaban J connectivity index is 1.81. The van der Waals surface area contributed by atoms with Crippen LogP contribution in [0.1, 0.15) is 26.7 Å². The van der Waals surface area contributed by atoms with Crippen molar-refractivity contribution in [1.29, 1.82) is 0 Å². The minimum absolute atomic E-state index is 0.505. The zero-order valence-corrected chi connectivity index (χ0v) is 8.49. The van der Waals surface area contributed by atoms with Gasteiger partial charge in [0.1, 0.15) is 0 Å². The summed E-state index contributed by atoms with van der Waals surface area (Å²) in [5.74, 6) is 1.54. The van der Waals surface area contributed by atoms with Crippen molar-refractivity contribution in [2.75, 3.05) is 6.61 Å². The van der Waals surface area contributed by atoms with Crippen molar-refractivity contribution in [2.45, 2.75) is 32.8 Å². The highest BCUT2D eigenvalue weighted by Gasteiger charge is 2.36. The van der Waals surface area contributed by atoms with Crippen LogP contribution in [-0.2, 0) is 4.74 Å². The van der Waals surface area contributed by atoms with Gasteiger partial charge < -0.3 is 4.74 Å². The SMILES string of the molecule is C/C=C(\C)COC1CC2C=CC1C2. The van der Waals surface area contributed by atoms with Crippen molar-refractivity contribution in [3.8, 4) is 0 Å². The van der Waals surface area contributed by atoms with Crippen LogP contribution >= 0.6 is 0 Å². The Morgan fingerprint density at radius 2 is 2.31 bits per heavy atom. The van der Waals surface area contributed by atoms with Gasteiger partial charge in [0.15, 0.2) is 0 Å². The van der Waals surface area contributed by atoms with E-state index in [0.717, 1.165) is 18.4 Å². The number of hydrogen-bond acceptors (Lipinski definition) is 1. The lowest BCUT2D eigenvalue weighted by molar-refractivity contribution is 0.0519. The third-order valence-corrected chi connectivity index (χ3v) is 3.24. The van der Waals surface area contributed by atoms with Crippen LogP contribution < -0.4 is 0 Å². The van der Waals surface area contributed by atoms with E-state index in [0.29, 0.717) is 6.10 Å². The van der Waals surface area contributed by atoms with Crippen LogP contribution in [0.5, 0.6) is 0 Å². The highest BCUT2D eigenvalue weighted by molar-refractivity contribution is 5.11. The van der Waals surface area contributed by atoms with E-state index in [1.54, 1.807) is 0 Å². The molecule has 1 saturated carbocycles. The molecule has 0 aromatic heterocycles. The second kappa shape index (κ2) is 3.67. The molecule has 0 aliphatic heterocycles. The molecule has 72 valence electrons. The molecule has 0 N–H and O–H groups in total. The summed E-state index contributed by atoms with van der Waals surface area (Å²) >= 11 is 0. The largest absolute Gasteiger partial charge is 0.373 e. The van der Waals surface area contributed by atoms with Crippen molar-refractivity contribution >= 4 is 0 Å². The molecule has 0 spiro atoms. The van der Waals surface area contributed by atoms with Crippen LogP contribution in [0.2, 0.25) is 0 Å². The summed E-state index contributed by atoms with van der Waals surface area (Å²) in [6.45, 7) is 5.01. The van der Waals surface area contributed by atoms with Gasteiger partial charge in [-0.05, 0) is 32.6 Å². The summed E-state index contributed by atoms with van der Waals surface area (Å²) in [5.41, 5.74) is 1.34. The monoisotopic (exact) mass is 178 g/mol. The normalized spacial score (nSPS) is 37.4. The molecule has 3 unspecified atom stereocenters. The van der Waals surface area contributed by atoms with E-state index in [1.165, 1.54) is 18.4 Å². The minimum atomic E-state index is 0.505. The maximum atomic E-state index is 5.87. The Kier molecular flexibility index (Phi) is 2.54. The quantitative estimate of drug-likeness (QED) is 0.604. The number of fused-ring (bicyclic) bond motifs is 2. The average molecular weight is 178 g/mol. The first kappa shape index (κ1) is 9.01. The van der Waals surface area contributed by atoms with Gasteiger partial charge in [0.25, 0.3) is 0 Å². The Bertz CT molecular complexity index is 240. The van der Waals surface area contributed by atoms with Crippen LogP contribution in [0.4, 0.5) is 0 Å². The lowest BCUT2D eigenvalue weighted by Gasteiger charge is -2.18. The first-order valence-corrected chi connectivity index (χ1v) is 5.21. The molecule has 1 fully saturated rings. The lowest BCUT2D eigenvalue weighted by atomic mass is 10.0. The third kappa shape index (κ3) is 1.86. The molecule has 3 atom stereocenters. The minimum Gasteiger partial charge on any atom is -0.373 e. The molecule has 2 bridgehead atoms. The van der Waals surface area contributed by atoms with Gasteiger partial charge in [-0.25, -0.2) is 0 Å². The highest BCUT2D eigenvalue weighted by atomic mass is 16.5. The van der Waals surface area contributed by atoms with E-state index >= 15 is 0 Å². The summed E-state index contributed by atoms with van der Waals surface area (Å²) in [7, 11) is 0. The molecule has 2 rings (SSSR count). The number of allylic oxidation sites excluding steroid dienone is 2. The number of hydrogen-bond donors (Lipinski definition) is 0. The van der Waals surface area contributed by atoms with Crippen LogP contribution in [0, 0.1) is 11.8 Å². The molecule has 2 aliphatic rings. The maximum absolute atomic E-state index is 5.87. The molecule has 0 radical (unpaired) electrons. The molecule has 1 nitrogen and oxygen atoms in total. The molecule has 0 heterocycles. The van der Waals surface area contributed by atoms with Crippen molar-refractivity contribution in [1.82, 2.24) is 0 Å². The summed E-state index contributed by atoms with van der Waals surface area (Å²) in [5, 5.41) is 0. The molecule has 2 aliphatic carbocycles. The van der Waals surface area contributed by atoms with Crippen molar-refractivity contribution in [2.24, 2.45) is 11.8 Å². The second-order valence-electron chi connectivity index (χ2n) is 4.26. The van der Waals surface area contributed by atoms with E-state index in [4.69, 9.17) is 4.74 Å². The predicted molar refractivity (Wildman–Crippen MR) is 54.5 cm³/mol. The fraction of sp³-hybridized carbons (Fsp3) is 0.667. The zero-order chi connectivity index (χ0) is 9.26. The van der Waals surface area contributed by atoms with Crippen molar-refractivity contribution < 1.29 is 4.74 Å². The molecular weight excluding hydrogens is 160 g/mol. The van der Waals surface area contributed by atoms with Crippen LogP contribution in [0.15, 0.2) is 23.8 Å². The van der Waals surface area contributed by atoms with Gasteiger partial charge in [0, 0.05) is 5.92 Å². The summed E-state index contributed by atoms with van der Waals surface area (Å²) in [4.78, 5) is 0. The molecule has 0 aromatic rings. The topological polar surface area (TPSA) is 9.23 Å². The van der Waals surface area contributed by atoms with Crippen LogP contribution in [0.3, 0.4) is 0 Å². The first-order valence-electron chi connectivity index (χ1n) is 5.21. The van der Waals surface area contributed by atoms with Crippen molar-refractivity contribution in [3.05, 3.63) is 23.8 Å². The molecular formula is C12H18O. The van der Waals surface area contributed by atoms with Gasteiger partial charge in [-0.3, -0.25) is 0 Å². The van der Waals surface area contributed by atoms with E-state index < -0.39 is 0 Å².